The zero-order chi connectivity index (χ0) is 10.0. The van der Waals surface area contributed by atoms with E-state index in [0.29, 0.717) is 16.1 Å². The number of carbonyl (C=O) groups excluding carboxylic acids is 1. The highest BCUT2D eigenvalue weighted by molar-refractivity contribution is 7.80. The average molecular weight is 216 g/mol. The standard InChI is InChI=1S/C9H10ClNOS/c1-5(12)9(10)7-4-6(11)2-3-8(7)13/h2-4,9,13H,11H2,1H3. The second kappa shape index (κ2) is 4.03. The number of ketones is 1. The number of hydrogen-bond acceptors (Lipinski definition) is 3. The van der Waals surface area contributed by atoms with Gasteiger partial charge in [-0.3, -0.25) is 4.79 Å². The van der Waals surface area contributed by atoms with Gasteiger partial charge in [0.05, 0.1) is 0 Å². The number of benzene rings is 1. The Hall–Kier alpha value is -0.670. The summed E-state index contributed by atoms with van der Waals surface area (Å²) in [5.41, 5.74) is 6.81. The van der Waals surface area contributed by atoms with Crippen LogP contribution in [0.5, 0.6) is 0 Å². The Kier molecular flexibility index (Phi) is 3.22. The van der Waals surface area contributed by atoms with E-state index in [0.717, 1.165) is 0 Å². The highest BCUT2D eigenvalue weighted by atomic mass is 35.5. The fourth-order valence-electron chi connectivity index (χ4n) is 0.995. The number of thiol groups is 1. The number of halogens is 1. The second-order valence-corrected chi connectivity index (χ2v) is 3.71. The van der Waals surface area contributed by atoms with Crippen LogP contribution in [0.15, 0.2) is 23.1 Å². The molecule has 0 aromatic heterocycles. The molecule has 2 N–H and O–H groups in total. The third-order valence-electron chi connectivity index (χ3n) is 1.68. The summed E-state index contributed by atoms with van der Waals surface area (Å²) in [6, 6.07) is 5.11. The van der Waals surface area contributed by atoms with Gasteiger partial charge in [0.2, 0.25) is 0 Å². The van der Waals surface area contributed by atoms with Gasteiger partial charge in [0, 0.05) is 10.6 Å². The number of hydrogen-bond donors (Lipinski definition) is 2. The summed E-state index contributed by atoms with van der Waals surface area (Å²) in [5.74, 6) is -0.109. The van der Waals surface area contributed by atoms with E-state index in [1.165, 1.54) is 6.92 Å². The molecule has 0 saturated carbocycles. The van der Waals surface area contributed by atoms with E-state index in [1.54, 1.807) is 18.2 Å². The number of rotatable bonds is 2. The number of carbonyl (C=O) groups is 1. The molecular formula is C9H10ClNOS. The summed E-state index contributed by atoms with van der Waals surface area (Å²) < 4.78 is 0. The number of nitrogens with two attached hydrogens (primary N) is 1. The molecule has 0 bridgehead atoms. The van der Waals surface area contributed by atoms with Crippen molar-refractivity contribution in [3.63, 3.8) is 0 Å². The summed E-state index contributed by atoms with van der Waals surface area (Å²) >= 11 is 10.1. The van der Waals surface area contributed by atoms with E-state index in [1.807, 2.05) is 0 Å². The Morgan fingerprint density at radius 2 is 2.23 bits per heavy atom. The lowest BCUT2D eigenvalue weighted by molar-refractivity contribution is -0.116. The zero-order valence-corrected chi connectivity index (χ0v) is 8.77. The number of nitrogen functional groups attached to an aromatic ring is 1. The van der Waals surface area contributed by atoms with Gasteiger partial charge in [-0.1, -0.05) is 0 Å². The van der Waals surface area contributed by atoms with Crippen molar-refractivity contribution in [3.05, 3.63) is 23.8 Å². The molecular weight excluding hydrogens is 206 g/mol. The van der Waals surface area contributed by atoms with E-state index < -0.39 is 5.38 Å². The lowest BCUT2D eigenvalue weighted by Gasteiger charge is -2.09. The molecule has 0 amide bonds. The third kappa shape index (κ3) is 2.39. The molecule has 1 rings (SSSR count). The zero-order valence-electron chi connectivity index (χ0n) is 7.12. The maximum absolute atomic E-state index is 11.0. The van der Waals surface area contributed by atoms with Gasteiger partial charge in [-0.2, -0.15) is 0 Å². The largest absolute Gasteiger partial charge is 0.399 e. The van der Waals surface area contributed by atoms with Crippen LogP contribution in [0, 0.1) is 0 Å². The highest BCUT2D eigenvalue weighted by Crippen LogP contribution is 2.28. The van der Waals surface area contributed by atoms with Gasteiger partial charge in [-0.05, 0) is 30.7 Å². The molecule has 1 atom stereocenters. The van der Waals surface area contributed by atoms with Crippen LogP contribution in [0.2, 0.25) is 0 Å². The maximum Gasteiger partial charge on any atom is 0.152 e. The Balaban J connectivity index is 3.12. The van der Waals surface area contributed by atoms with Crippen molar-refractivity contribution in [2.45, 2.75) is 17.2 Å². The fraction of sp³-hybridized carbons (Fsp3) is 0.222. The van der Waals surface area contributed by atoms with Gasteiger partial charge in [0.15, 0.2) is 5.78 Å². The van der Waals surface area contributed by atoms with Crippen LogP contribution < -0.4 is 5.73 Å². The van der Waals surface area contributed by atoms with Crippen LogP contribution in [0.3, 0.4) is 0 Å². The minimum atomic E-state index is -0.656. The van der Waals surface area contributed by atoms with Crippen molar-refractivity contribution >= 4 is 35.7 Å². The first kappa shape index (κ1) is 10.4. The first-order valence-corrected chi connectivity index (χ1v) is 4.63. The molecule has 0 spiro atoms. The van der Waals surface area contributed by atoms with E-state index in [9.17, 15) is 4.79 Å². The monoisotopic (exact) mass is 215 g/mol. The minimum absolute atomic E-state index is 0.109. The molecule has 0 fully saturated rings. The first-order valence-electron chi connectivity index (χ1n) is 3.75. The first-order chi connectivity index (χ1) is 6.02. The van der Waals surface area contributed by atoms with E-state index in [2.05, 4.69) is 12.6 Å². The van der Waals surface area contributed by atoms with Crippen molar-refractivity contribution in [3.8, 4) is 0 Å². The highest BCUT2D eigenvalue weighted by Gasteiger charge is 2.15. The summed E-state index contributed by atoms with van der Waals surface area (Å²) in [4.78, 5) is 11.7. The molecule has 1 unspecified atom stereocenters. The molecule has 13 heavy (non-hydrogen) atoms. The molecule has 4 heteroatoms. The van der Waals surface area contributed by atoms with Gasteiger partial charge in [-0.25, -0.2) is 0 Å². The maximum atomic E-state index is 11.0. The topological polar surface area (TPSA) is 43.1 Å². The summed E-state index contributed by atoms with van der Waals surface area (Å²) in [6.07, 6.45) is 0. The normalized spacial score (nSPS) is 12.5. The molecule has 1 aromatic carbocycles. The summed E-state index contributed by atoms with van der Waals surface area (Å²) in [5, 5.41) is -0.656. The van der Waals surface area contributed by atoms with Gasteiger partial charge in [0.1, 0.15) is 5.38 Å². The molecule has 0 aliphatic carbocycles. The molecule has 0 aliphatic rings. The van der Waals surface area contributed by atoms with E-state index in [-0.39, 0.29) is 5.78 Å². The van der Waals surface area contributed by atoms with Gasteiger partial charge in [0.25, 0.3) is 0 Å². The SMILES string of the molecule is CC(=O)C(Cl)c1cc(N)ccc1S. The lowest BCUT2D eigenvalue weighted by atomic mass is 10.1. The lowest BCUT2D eigenvalue weighted by Crippen LogP contribution is -2.03. The molecule has 0 aliphatic heterocycles. The quantitative estimate of drug-likeness (QED) is 0.452. The predicted octanol–water partition coefficient (Wildman–Crippen LogP) is 2.43. The Morgan fingerprint density at radius 3 is 2.77 bits per heavy atom. The van der Waals surface area contributed by atoms with Crippen molar-refractivity contribution in [2.75, 3.05) is 5.73 Å². The van der Waals surface area contributed by atoms with Crippen molar-refractivity contribution in [2.24, 2.45) is 0 Å². The Labute approximate surface area is 87.5 Å². The van der Waals surface area contributed by atoms with Crippen molar-refractivity contribution in [1.82, 2.24) is 0 Å². The van der Waals surface area contributed by atoms with Crippen LogP contribution in [-0.2, 0) is 4.79 Å². The van der Waals surface area contributed by atoms with Crippen LogP contribution in [-0.4, -0.2) is 5.78 Å². The molecule has 0 saturated heterocycles. The molecule has 1 aromatic rings. The smallest absolute Gasteiger partial charge is 0.152 e. The van der Waals surface area contributed by atoms with Crippen LogP contribution in [0.1, 0.15) is 17.9 Å². The fourth-order valence-corrected chi connectivity index (χ4v) is 1.52. The van der Waals surface area contributed by atoms with Crippen molar-refractivity contribution in [1.29, 1.82) is 0 Å². The number of Topliss-reactive ketones (excluding diaryl/α,β-unsaturated/α-hetero) is 1. The second-order valence-electron chi connectivity index (χ2n) is 2.79. The van der Waals surface area contributed by atoms with Gasteiger partial charge in [-0.15, -0.1) is 24.2 Å². The van der Waals surface area contributed by atoms with Gasteiger partial charge >= 0.3 is 0 Å². The van der Waals surface area contributed by atoms with Crippen molar-refractivity contribution < 1.29 is 4.79 Å². The molecule has 0 heterocycles. The van der Waals surface area contributed by atoms with E-state index in [4.69, 9.17) is 17.3 Å². The number of anilines is 1. The molecule has 70 valence electrons. The van der Waals surface area contributed by atoms with Crippen LogP contribution in [0.25, 0.3) is 0 Å². The van der Waals surface area contributed by atoms with Gasteiger partial charge < -0.3 is 5.73 Å². The predicted molar refractivity (Wildman–Crippen MR) is 57.4 cm³/mol. The van der Waals surface area contributed by atoms with Crippen LogP contribution in [0.4, 0.5) is 5.69 Å². The summed E-state index contributed by atoms with van der Waals surface area (Å²) in [6.45, 7) is 1.44. The molecule has 0 radical (unpaired) electrons. The molecule has 2 nitrogen and oxygen atoms in total. The Morgan fingerprint density at radius 1 is 1.62 bits per heavy atom. The average Bonchev–Trinajstić information content (AvgIpc) is 2.08. The Bertz CT molecular complexity index is 340. The summed E-state index contributed by atoms with van der Waals surface area (Å²) in [7, 11) is 0. The van der Waals surface area contributed by atoms with E-state index >= 15 is 0 Å². The minimum Gasteiger partial charge on any atom is -0.399 e. The third-order valence-corrected chi connectivity index (χ3v) is 2.63. The van der Waals surface area contributed by atoms with Crippen LogP contribution >= 0.6 is 24.2 Å². The number of alkyl halides is 1.